The van der Waals surface area contributed by atoms with Crippen molar-refractivity contribution in [1.82, 2.24) is 9.13 Å². The summed E-state index contributed by atoms with van der Waals surface area (Å²) in [5.74, 6) is 0. The predicted octanol–water partition coefficient (Wildman–Crippen LogP) is 21.3. The Kier molecular flexibility index (Phi) is 12.3. The molecule has 2 aliphatic rings. The van der Waals surface area contributed by atoms with Crippen LogP contribution in [0.2, 0.25) is 0 Å². The van der Waals surface area contributed by atoms with Gasteiger partial charge in [-0.3, -0.25) is 0 Å². The normalized spacial score (nSPS) is 14.4. The van der Waals surface area contributed by atoms with Crippen molar-refractivity contribution >= 4 is 104 Å². The highest BCUT2D eigenvalue weighted by molar-refractivity contribution is 6.29. The second kappa shape index (κ2) is 20.3. The van der Waals surface area contributed by atoms with Gasteiger partial charge in [0.25, 0.3) is 0 Å². The van der Waals surface area contributed by atoms with Crippen LogP contribution in [0.1, 0.15) is 90.5 Å². The lowest BCUT2D eigenvalue weighted by Gasteiger charge is -2.38. The van der Waals surface area contributed by atoms with Crippen molar-refractivity contribution in [3.63, 3.8) is 0 Å². The Morgan fingerprint density at radius 2 is 0.905 bits per heavy atom. The van der Waals surface area contributed by atoms with Crippen molar-refractivity contribution in [3.8, 4) is 11.4 Å². The largest absolute Gasteiger partial charge is 0.337 e. The molecule has 14 aromatic rings. The van der Waals surface area contributed by atoms with Gasteiger partial charge in [-0.05, 0) is 217 Å². The molecule has 4 nitrogen and oxygen atoms in total. The average Bonchev–Trinajstić information content (AvgIpc) is 1.82. The molecule has 0 saturated heterocycles. The number of rotatable bonds is 12. The monoisotopic (exact) mass is 1090 g/mol. The minimum atomic E-state index is 0.235. The lowest BCUT2D eigenvalue weighted by molar-refractivity contribution is 0.564. The molecule has 0 bridgehead atoms. The Balaban J connectivity index is 0.979. The first-order chi connectivity index (χ1) is 41.4. The molecule has 2 heterocycles. The van der Waals surface area contributed by atoms with Crippen LogP contribution < -0.4 is 9.80 Å². The molecule has 4 heteroatoms. The van der Waals surface area contributed by atoms with E-state index in [0.29, 0.717) is 0 Å². The zero-order valence-corrected chi connectivity index (χ0v) is 48.9. The Morgan fingerprint density at radius 1 is 0.393 bits per heavy atom. The van der Waals surface area contributed by atoms with Crippen molar-refractivity contribution in [2.24, 2.45) is 0 Å². The van der Waals surface area contributed by atoms with Crippen molar-refractivity contribution in [2.45, 2.75) is 104 Å². The molecule has 0 spiro atoms. The first kappa shape index (κ1) is 50.6. The zero-order chi connectivity index (χ0) is 56.2. The van der Waals surface area contributed by atoms with Gasteiger partial charge >= 0.3 is 0 Å². The highest BCUT2D eigenvalue weighted by Gasteiger charge is 2.31. The van der Waals surface area contributed by atoms with E-state index < -0.39 is 0 Å². The summed E-state index contributed by atoms with van der Waals surface area (Å²) >= 11 is 0. The van der Waals surface area contributed by atoms with Crippen LogP contribution in [0.5, 0.6) is 0 Å². The van der Waals surface area contributed by atoms with Gasteiger partial charge < -0.3 is 18.9 Å². The zero-order valence-electron chi connectivity index (χ0n) is 48.9. The lowest BCUT2D eigenvalue weighted by Crippen LogP contribution is -2.36. The summed E-state index contributed by atoms with van der Waals surface area (Å²) < 4.78 is 5.01. The minimum absolute atomic E-state index is 0.235. The van der Waals surface area contributed by atoms with Crippen molar-refractivity contribution in [3.05, 3.63) is 257 Å². The van der Waals surface area contributed by atoms with Gasteiger partial charge in [-0.25, -0.2) is 0 Å². The molecular weight excluding hydrogens is 1020 g/mol. The predicted molar refractivity (Wildman–Crippen MR) is 358 cm³/mol. The van der Waals surface area contributed by atoms with Crippen LogP contribution in [-0.4, -0.2) is 15.2 Å². The summed E-state index contributed by atoms with van der Waals surface area (Å²) in [4.78, 5) is 5.49. The maximum Gasteiger partial charge on any atom is 0.0561 e. The summed E-state index contributed by atoms with van der Waals surface area (Å²) in [6, 6.07) is 82.6. The van der Waals surface area contributed by atoms with E-state index in [2.05, 4.69) is 259 Å². The van der Waals surface area contributed by atoms with Crippen molar-refractivity contribution in [2.75, 3.05) is 9.80 Å². The molecule has 12 aromatic carbocycles. The highest BCUT2D eigenvalue weighted by Crippen LogP contribution is 2.52. The third kappa shape index (κ3) is 8.08. The van der Waals surface area contributed by atoms with E-state index in [1.807, 2.05) is 0 Å². The molecule has 1 unspecified atom stereocenters. The second-order valence-electron chi connectivity index (χ2n) is 24.5. The maximum absolute atomic E-state index is 2.80. The molecule has 410 valence electrons. The fourth-order valence-electron chi connectivity index (χ4n) is 15.6. The molecule has 0 radical (unpaired) electrons. The van der Waals surface area contributed by atoms with Crippen molar-refractivity contribution in [1.29, 1.82) is 0 Å². The fourth-order valence-corrected chi connectivity index (χ4v) is 15.6. The van der Waals surface area contributed by atoms with Gasteiger partial charge in [0.1, 0.15) is 0 Å². The van der Waals surface area contributed by atoms with Crippen LogP contribution in [0.15, 0.2) is 212 Å². The quantitative estimate of drug-likeness (QED) is 0.113. The van der Waals surface area contributed by atoms with E-state index in [1.165, 1.54) is 173 Å². The van der Waals surface area contributed by atoms with Gasteiger partial charge in [0.15, 0.2) is 0 Å². The highest BCUT2D eigenvalue weighted by atomic mass is 15.2. The molecule has 2 aromatic heterocycles. The molecule has 0 aliphatic heterocycles. The van der Waals surface area contributed by atoms with Crippen LogP contribution >= 0.6 is 0 Å². The van der Waals surface area contributed by atoms with Gasteiger partial charge in [-0.1, -0.05) is 160 Å². The molecule has 0 saturated carbocycles. The van der Waals surface area contributed by atoms with Gasteiger partial charge in [0, 0.05) is 72.5 Å². The number of fused-ring (bicyclic) bond motifs is 8. The molecule has 84 heavy (non-hydrogen) atoms. The SMILES string of the molecule is CCCc1cc(N(c2ccc3c4ccccc4n(-c4cccc(C)c4)c3c2)c2cccc3c2CCCC3)c2ccc3c(CCC)cc(N(c4ccc5c6ccccc6n(-c6cccc(C)c6)c5c4)C4CCc5ccccc5C4)c4ccc1c2c34. The van der Waals surface area contributed by atoms with E-state index >= 15 is 0 Å². The maximum atomic E-state index is 2.80. The Morgan fingerprint density at radius 3 is 1.55 bits per heavy atom. The van der Waals surface area contributed by atoms with Gasteiger partial charge in [-0.2, -0.15) is 0 Å². The van der Waals surface area contributed by atoms with Crippen LogP contribution in [0.4, 0.5) is 28.4 Å². The summed E-state index contributed by atoms with van der Waals surface area (Å²) in [5, 5.41) is 13.3. The number of nitrogens with zero attached hydrogens (tertiary/aromatic N) is 4. The summed E-state index contributed by atoms with van der Waals surface area (Å²) in [6.45, 7) is 9.13. The van der Waals surface area contributed by atoms with Gasteiger partial charge in [0.2, 0.25) is 0 Å². The number of anilines is 5. The average molecular weight is 1090 g/mol. The molecule has 0 fully saturated rings. The minimum Gasteiger partial charge on any atom is -0.337 e. The Bertz CT molecular complexity index is 4910. The summed E-state index contributed by atoms with van der Waals surface area (Å²) in [7, 11) is 0. The van der Waals surface area contributed by atoms with E-state index in [0.717, 1.165) is 57.8 Å². The first-order valence-corrected chi connectivity index (χ1v) is 31.1. The van der Waals surface area contributed by atoms with E-state index in [1.54, 1.807) is 0 Å². The van der Waals surface area contributed by atoms with E-state index in [9.17, 15) is 0 Å². The van der Waals surface area contributed by atoms with Gasteiger partial charge in [-0.15, -0.1) is 0 Å². The Labute approximate surface area is 493 Å². The number of aryl methyl sites for hydroxylation is 6. The molecule has 1 atom stereocenters. The van der Waals surface area contributed by atoms with Gasteiger partial charge in [0.05, 0.1) is 27.8 Å². The summed E-state index contributed by atoms with van der Waals surface area (Å²) in [6.07, 6.45) is 11.8. The third-order valence-electron chi connectivity index (χ3n) is 19.2. The summed E-state index contributed by atoms with van der Waals surface area (Å²) in [5.41, 5.74) is 24.9. The smallest absolute Gasteiger partial charge is 0.0561 e. The molecule has 0 N–H and O–H groups in total. The topological polar surface area (TPSA) is 16.3 Å². The number of hydrogen-bond acceptors (Lipinski definition) is 2. The van der Waals surface area contributed by atoms with E-state index in [-0.39, 0.29) is 6.04 Å². The molecule has 0 amide bonds. The van der Waals surface area contributed by atoms with Crippen LogP contribution in [0.3, 0.4) is 0 Å². The van der Waals surface area contributed by atoms with Crippen molar-refractivity contribution < 1.29 is 0 Å². The van der Waals surface area contributed by atoms with Crippen LogP contribution in [0.25, 0.3) is 87.3 Å². The van der Waals surface area contributed by atoms with E-state index in [4.69, 9.17) is 0 Å². The molecule has 2 aliphatic carbocycles. The molecule has 16 rings (SSSR count). The number of hydrogen-bond donors (Lipinski definition) is 0. The number of benzene rings is 12. The standard InChI is InChI=1S/C80H70N4/c1-5-18-56-47-75(81(60-35-34-53-22-7-8-24-55(53)46-60)61-36-38-68-66-29-11-13-31-73(66)82(77(68)49-61)58-26-15-20-51(3)44-58)70-42-40-65-57(19-6-2)48-76(71-43-41-64(56)79(70)80(65)71)84(72-33-17-25-54-23-9-10-28-63(54)72)62-37-39-69-67-30-12-14-32-74(67)83(78(69)50-62)59-27-16-21-52(4)45-59/h7-8,11-17,20-22,24-27,29-33,36-45,47-50,60H,5-6,9-10,18-19,23,28,34-35,46H2,1-4H3. The third-order valence-corrected chi connectivity index (χ3v) is 19.2. The Hall–Kier alpha value is -9.12. The van der Waals surface area contributed by atoms with Crippen LogP contribution in [-0.2, 0) is 38.5 Å². The fraction of sp³-hybridized carbons (Fsp3) is 0.200. The lowest BCUT2D eigenvalue weighted by atomic mass is 9.84. The second-order valence-corrected chi connectivity index (χ2v) is 24.5. The molecular formula is C80H70N4. The number of aromatic nitrogens is 2. The van der Waals surface area contributed by atoms with Crippen LogP contribution in [0, 0.1) is 13.8 Å². The number of para-hydroxylation sites is 2. The first-order valence-electron chi connectivity index (χ1n) is 31.1.